The number of aliphatic hydroxyl groups excluding tert-OH is 1. The van der Waals surface area contributed by atoms with Crippen LogP contribution in [0.1, 0.15) is 40.5 Å². The van der Waals surface area contributed by atoms with Gasteiger partial charge in [0.2, 0.25) is 0 Å². The summed E-state index contributed by atoms with van der Waals surface area (Å²) in [6.45, 7) is 11.0. The van der Waals surface area contributed by atoms with Crippen LogP contribution in [0.25, 0.3) is 0 Å². The maximum absolute atomic E-state index is 12.4. The second kappa shape index (κ2) is 6.67. The highest BCUT2D eigenvalue weighted by atomic mass is 16.6. The zero-order valence-electron chi connectivity index (χ0n) is 15.7. The van der Waals surface area contributed by atoms with Gasteiger partial charge in [0.05, 0.1) is 23.7 Å². The molecule has 0 unspecified atom stereocenters. The first-order chi connectivity index (χ1) is 12.2. The van der Waals surface area contributed by atoms with Crippen LogP contribution in [-0.2, 0) is 23.8 Å². The van der Waals surface area contributed by atoms with E-state index < -0.39 is 41.8 Å². The molecule has 0 aliphatic carbocycles. The van der Waals surface area contributed by atoms with Gasteiger partial charge in [0.15, 0.2) is 0 Å². The molecule has 142 valence electrons. The molecule has 3 aliphatic heterocycles. The largest absolute Gasteiger partial charge is 0.458 e. The Morgan fingerprint density at radius 1 is 1.50 bits per heavy atom. The molecule has 3 rings (SSSR count). The first-order valence-electron chi connectivity index (χ1n) is 8.94. The summed E-state index contributed by atoms with van der Waals surface area (Å²) in [5.41, 5.74) is 0.766. The summed E-state index contributed by atoms with van der Waals surface area (Å²) in [6.07, 6.45) is 2.02. The number of hydrogen-bond donors (Lipinski definition) is 1. The molecule has 2 bridgehead atoms. The summed E-state index contributed by atoms with van der Waals surface area (Å²) >= 11 is 0. The lowest BCUT2D eigenvalue weighted by atomic mass is 9.81. The number of ether oxygens (including phenoxy) is 3. The molecule has 6 atom stereocenters. The lowest BCUT2D eigenvalue weighted by Crippen LogP contribution is -2.44. The summed E-state index contributed by atoms with van der Waals surface area (Å²) in [4.78, 5) is 24.5. The molecule has 3 heterocycles. The van der Waals surface area contributed by atoms with Crippen LogP contribution in [0.2, 0.25) is 0 Å². The van der Waals surface area contributed by atoms with Crippen LogP contribution >= 0.6 is 0 Å². The van der Waals surface area contributed by atoms with E-state index in [4.69, 9.17) is 14.2 Å². The zero-order chi connectivity index (χ0) is 19.2. The molecule has 0 radical (unpaired) electrons. The number of esters is 2. The average Bonchev–Trinajstić information content (AvgIpc) is 3.03. The molecule has 1 N–H and O–H groups in total. The highest BCUT2D eigenvalue weighted by molar-refractivity contribution is 5.92. The maximum Gasteiger partial charge on any atom is 0.334 e. The average molecular weight is 362 g/mol. The van der Waals surface area contributed by atoms with Gasteiger partial charge in [0.25, 0.3) is 0 Å². The molecule has 2 fully saturated rings. The number of allylic oxidation sites excluding steroid dienone is 1. The monoisotopic (exact) mass is 362 g/mol. The summed E-state index contributed by atoms with van der Waals surface area (Å²) in [5.74, 6) is -1.44. The molecular weight excluding hydrogens is 336 g/mol. The molecule has 6 nitrogen and oxygen atoms in total. The van der Waals surface area contributed by atoms with Gasteiger partial charge in [-0.1, -0.05) is 12.7 Å². The number of aliphatic hydroxyl groups is 1. The van der Waals surface area contributed by atoms with E-state index >= 15 is 0 Å². The van der Waals surface area contributed by atoms with Crippen LogP contribution < -0.4 is 0 Å². The normalized spacial score (nSPS) is 40.1. The van der Waals surface area contributed by atoms with Gasteiger partial charge in [0, 0.05) is 24.0 Å². The molecule has 3 aliphatic rings. The predicted molar refractivity (Wildman–Crippen MR) is 94.1 cm³/mol. The smallest absolute Gasteiger partial charge is 0.334 e. The summed E-state index contributed by atoms with van der Waals surface area (Å²) in [6, 6.07) is 0. The zero-order valence-corrected chi connectivity index (χ0v) is 15.7. The molecule has 0 amide bonds. The minimum atomic E-state index is -0.880. The first-order valence-corrected chi connectivity index (χ1v) is 8.94. The van der Waals surface area contributed by atoms with Crippen molar-refractivity contribution in [2.24, 2.45) is 5.92 Å². The third kappa shape index (κ3) is 3.12. The van der Waals surface area contributed by atoms with Crippen molar-refractivity contribution in [2.75, 3.05) is 0 Å². The summed E-state index contributed by atoms with van der Waals surface area (Å²) < 4.78 is 17.3. The van der Waals surface area contributed by atoms with Crippen LogP contribution in [0.5, 0.6) is 0 Å². The molecule has 6 heteroatoms. The topological polar surface area (TPSA) is 82.1 Å². The van der Waals surface area contributed by atoms with Gasteiger partial charge < -0.3 is 19.3 Å². The Morgan fingerprint density at radius 3 is 2.85 bits per heavy atom. The quantitative estimate of drug-likeness (QED) is 0.461. The van der Waals surface area contributed by atoms with Crippen molar-refractivity contribution in [1.29, 1.82) is 0 Å². The van der Waals surface area contributed by atoms with Crippen molar-refractivity contribution < 1.29 is 28.9 Å². The molecule has 0 aromatic heterocycles. The lowest BCUT2D eigenvalue weighted by Gasteiger charge is -2.34. The third-order valence-corrected chi connectivity index (χ3v) is 5.77. The van der Waals surface area contributed by atoms with Crippen LogP contribution in [0, 0.1) is 5.92 Å². The second-order valence-corrected chi connectivity index (χ2v) is 7.62. The summed E-state index contributed by atoms with van der Waals surface area (Å²) in [7, 11) is 0. The van der Waals surface area contributed by atoms with E-state index in [0.717, 1.165) is 5.57 Å². The van der Waals surface area contributed by atoms with Crippen molar-refractivity contribution in [3.63, 3.8) is 0 Å². The number of hydrogen-bond acceptors (Lipinski definition) is 6. The lowest BCUT2D eigenvalue weighted by molar-refractivity contribution is -0.154. The fraction of sp³-hybridized carbons (Fsp3) is 0.600. The van der Waals surface area contributed by atoms with Gasteiger partial charge in [-0.3, -0.25) is 0 Å². The fourth-order valence-electron chi connectivity index (χ4n) is 3.90. The number of carbonyl (C=O) groups excluding carboxylic acids is 2. The van der Waals surface area contributed by atoms with Crippen molar-refractivity contribution in [1.82, 2.24) is 0 Å². The first kappa shape index (κ1) is 18.9. The highest BCUT2D eigenvalue weighted by Gasteiger charge is 2.53. The molecular formula is C20H26O6. The molecule has 0 aromatic rings. The molecule has 0 aromatic carbocycles. The van der Waals surface area contributed by atoms with E-state index in [1.54, 1.807) is 19.9 Å². The van der Waals surface area contributed by atoms with E-state index in [2.05, 4.69) is 6.58 Å². The molecule has 0 spiro atoms. The Morgan fingerprint density at radius 2 is 2.19 bits per heavy atom. The molecule has 2 saturated heterocycles. The van der Waals surface area contributed by atoms with Crippen molar-refractivity contribution in [3.8, 4) is 0 Å². The van der Waals surface area contributed by atoms with Gasteiger partial charge in [-0.25, -0.2) is 9.59 Å². The van der Waals surface area contributed by atoms with Gasteiger partial charge in [0.1, 0.15) is 12.2 Å². The van der Waals surface area contributed by atoms with E-state index in [1.165, 1.54) is 0 Å². The van der Waals surface area contributed by atoms with Crippen molar-refractivity contribution in [2.45, 2.75) is 70.6 Å². The van der Waals surface area contributed by atoms with E-state index in [-0.39, 0.29) is 18.1 Å². The van der Waals surface area contributed by atoms with Gasteiger partial charge >= 0.3 is 11.9 Å². The Hall–Kier alpha value is -1.92. The summed E-state index contributed by atoms with van der Waals surface area (Å²) in [5, 5.41) is 10.6. The Bertz CT molecular complexity index is 705. The molecule has 0 saturated carbocycles. The van der Waals surface area contributed by atoms with E-state index in [0.29, 0.717) is 12.0 Å². The minimum absolute atomic E-state index is 0.255. The van der Waals surface area contributed by atoms with Crippen molar-refractivity contribution in [3.05, 3.63) is 35.5 Å². The standard InChI is InChI=1S/C20H26O6/c1-6-10(2)18(22)25-15-9-20(5)16(21)8-13(26-20)11(3)7-14-17(15)12(4)19(23)24-14/h6-7,13-17,21H,4,8-9H2,1-3,5H3/b10-6-,11-7?/t13-,14-,15+,16-,17-,20+/m0/s1. The Labute approximate surface area is 153 Å². The highest BCUT2D eigenvalue weighted by Crippen LogP contribution is 2.44. The van der Waals surface area contributed by atoms with Crippen LogP contribution in [0.3, 0.4) is 0 Å². The number of fused-ring (bicyclic) bond motifs is 3. The maximum atomic E-state index is 12.4. The van der Waals surface area contributed by atoms with Gasteiger partial charge in [-0.2, -0.15) is 0 Å². The second-order valence-electron chi connectivity index (χ2n) is 7.62. The number of carbonyl (C=O) groups is 2. The van der Waals surface area contributed by atoms with Gasteiger partial charge in [-0.15, -0.1) is 0 Å². The third-order valence-electron chi connectivity index (χ3n) is 5.77. The van der Waals surface area contributed by atoms with Crippen LogP contribution in [-0.4, -0.2) is 47.1 Å². The van der Waals surface area contributed by atoms with Gasteiger partial charge in [-0.05, 0) is 39.3 Å². The van der Waals surface area contributed by atoms with Crippen LogP contribution in [0.15, 0.2) is 35.5 Å². The van der Waals surface area contributed by atoms with Crippen molar-refractivity contribution >= 4 is 11.9 Å². The fourth-order valence-corrected chi connectivity index (χ4v) is 3.90. The number of rotatable bonds is 2. The Kier molecular flexibility index (Phi) is 4.84. The van der Waals surface area contributed by atoms with E-state index in [9.17, 15) is 14.7 Å². The Balaban J connectivity index is 2.02. The van der Waals surface area contributed by atoms with E-state index in [1.807, 2.05) is 19.9 Å². The predicted octanol–water partition coefficient (Wildman–Crippen LogP) is 2.22. The minimum Gasteiger partial charge on any atom is -0.458 e. The van der Waals surface area contributed by atoms with Crippen LogP contribution in [0.4, 0.5) is 0 Å². The SMILES string of the molecule is C=C1C(=O)O[C@H]2C=C(C)[C@@H]3C[C@H](O)[C@@](C)(C[C@@H](OC(=O)/C(C)=C\C)[C@@H]12)O3. The molecule has 26 heavy (non-hydrogen) atoms.